The summed E-state index contributed by atoms with van der Waals surface area (Å²) in [5.74, 6) is 0.120. The van der Waals surface area contributed by atoms with Crippen molar-refractivity contribution in [2.24, 2.45) is 0 Å². The van der Waals surface area contributed by atoms with Gasteiger partial charge >= 0.3 is 0 Å². The Morgan fingerprint density at radius 2 is 1.35 bits per heavy atom. The zero-order valence-electron chi connectivity index (χ0n) is 12.4. The largest absolute Gasteiger partial charge is 0.293 e. The number of benzene rings is 3. The van der Waals surface area contributed by atoms with Crippen LogP contribution in [-0.2, 0) is 0 Å². The molecule has 0 radical (unpaired) electrons. The summed E-state index contributed by atoms with van der Waals surface area (Å²) in [5, 5.41) is 0.570. The fourth-order valence-corrected chi connectivity index (χ4v) is 3.03. The molecular formula is C20H15ClOS. The van der Waals surface area contributed by atoms with E-state index in [0.717, 1.165) is 22.3 Å². The monoisotopic (exact) mass is 338 g/mol. The van der Waals surface area contributed by atoms with E-state index in [2.05, 4.69) is 12.6 Å². The van der Waals surface area contributed by atoms with E-state index in [4.69, 9.17) is 11.6 Å². The maximum Gasteiger partial charge on any atom is 0.173 e. The van der Waals surface area contributed by atoms with Gasteiger partial charge in [-0.25, -0.2) is 0 Å². The van der Waals surface area contributed by atoms with E-state index < -0.39 is 0 Å². The van der Waals surface area contributed by atoms with Gasteiger partial charge in [0.25, 0.3) is 0 Å². The molecule has 0 amide bonds. The van der Waals surface area contributed by atoms with Gasteiger partial charge < -0.3 is 0 Å². The molecule has 0 saturated carbocycles. The van der Waals surface area contributed by atoms with E-state index in [9.17, 15) is 4.79 Å². The SMILES string of the molecule is O=C(CS)c1cc(Cl)c(-c2ccccc2)cc1-c1ccccc1. The van der Waals surface area contributed by atoms with Gasteiger partial charge in [-0.2, -0.15) is 12.6 Å². The van der Waals surface area contributed by atoms with Gasteiger partial charge in [0.1, 0.15) is 0 Å². The minimum Gasteiger partial charge on any atom is -0.293 e. The van der Waals surface area contributed by atoms with Crippen molar-refractivity contribution in [3.63, 3.8) is 0 Å². The van der Waals surface area contributed by atoms with Gasteiger partial charge in [0.2, 0.25) is 0 Å². The maximum absolute atomic E-state index is 12.3. The number of Topliss-reactive ketones (excluding diaryl/α,β-unsaturated/α-hetero) is 1. The van der Waals surface area contributed by atoms with Gasteiger partial charge in [-0.05, 0) is 28.8 Å². The smallest absolute Gasteiger partial charge is 0.173 e. The van der Waals surface area contributed by atoms with E-state index in [1.807, 2.05) is 66.7 Å². The number of thiol groups is 1. The molecule has 0 N–H and O–H groups in total. The molecule has 0 aliphatic heterocycles. The van der Waals surface area contributed by atoms with Crippen LogP contribution in [0.1, 0.15) is 10.4 Å². The topological polar surface area (TPSA) is 17.1 Å². The molecule has 1 nitrogen and oxygen atoms in total. The van der Waals surface area contributed by atoms with Gasteiger partial charge in [-0.1, -0.05) is 72.3 Å². The number of carbonyl (C=O) groups excluding carboxylic acids is 1. The Bertz CT molecular complexity index is 829. The summed E-state index contributed by atoms with van der Waals surface area (Å²) in [4.78, 5) is 12.3. The van der Waals surface area contributed by atoms with Crippen molar-refractivity contribution in [3.05, 3.63) is 83.4 Å². The molecule has 3 heteroatoms. The highest BCUT2D eigenvalue weighted by molar-refractivity contribution is 7.81. The van der Waals surface area contributed by atoms with Crippen LogP contribution in [0.5, 0.6) is 0 Å². The second kappa shape index (κ2) is 7.03. The van der Waals surface area contributed by atoms with E-state index >= 15 is 0 Å². The Morgan fingerprint density at radius 3 is 1.87 bits per heavy atom. The van der Waals surface area contributed by atoms with Gasteiger partial charge in [0, 0.05) is 16.1 Å². The fraction of sp³-hybridized carbons (Fsp3) is 0.0500. The van der Waals surface area contributed by atoms with Gasteiger partial charge in [0.05, 0.1) is 5.75 Å². The molecule has 0 bridgehead atoms. The molecule has 114 valence electrons. The lowest BCUT2D eigenvalue weighted by Crippen LogP contribution is -2.03. The normalized spacial score (nSPS) is 10.5. The lowest BCUT2D eigenvalue weighted by molar-refractivity contribution is 0.102. The zero-order chi connectivity index (χ0) is 16.2. The minimum absolute atomic E-state index is 0.0336. The second-order valence-corrected chi connectivity index (χ2v) is 5.91. The molecule has 23 heavy (non-hydrogen) atoms. The summed E-state index contributed by atoms with van der Waals surface area (Å²) in [6.07, 6.45) is 0. The van der Waals surface area contributed by atoms with Crippen LogP contribution in [0.3, 0.4) is 0 Å². The van der Waals surface area contributed by atoms with Crippen LogP contribution in [0, 0.1) is 0 Å². The molecular weight excluding hydrogens is 324 g/mol. The van der Waals surface area contributed by atoms with Crippen LogP contribution < -0.4 is 0 Å². The van der Waals surface area contributed by atoms with Crippen molar-refractivity contribution >= 4 is 30.0 Å². The van der Waals surface area contributed by atoms with Crippen LogP contribution in [0.25, 0.3) is 22.3 Å². The number of hydrogen-bond acceptors (Lipinski definition) is 2. The third kappa shape index (κ3) is 3.34. The molecule has 0 spiro atoms. The molecule has 3 aromatic carbocycles. The zero-order valence-corrected chi connectivity index (χ0v) is 14.0. The number of halogens is 1. The average molecular weight is 339 g/mol. The van der Waals surface area contributed by atoms with Gasteiger partial charge in [-0.3, -0.25) is 4.79 Å². The summed E-state index contributed by atoms with van der Waals surface area (Å²) in [6, 6.07) is 23.5. The molecule has 0 unspecified atom stereocenters. The number of rotatable bonds is 4. The van der Waals surface area contributed by atoms with Crippen molar-refractivity contribution < 1.29 is 4.79 Å². The van der Waals surface area contributed by atoms with Crippen molar-refractivity contribution in [2.75, 3.05) is 5.75 Å². The van der Waals surface area contributed by atoms with Crippen LogP contribution >= 0.6 is 24.2 Å². The van der Waals surface area contributed by atoms with Crippen LogP contribution in [0.2, 0.25) is 5.02 Å². The molecule has 3 aromatic rings. The van der Waals surface area contributed by atoms with Gasteiger partial charge in [0.15, 0.2) is 5.78 Å². The number of ketones is 1. The lowest BCUT2D eigenvalue weighted by Gasteiger charge is -2.13. The highest BCUT2D eigenvalue weighted by Gasteiger charge is 2.16. The van der Waals surface area contributed by atoms with Crippen molar-refractivity contribution in [1.82, 2.24) is 0 Å². The highest BCUT2D eigenvalue weighted by atomic mass is 35.5. The maximum atomic E-state index is 12.3. The Balaban J connectivity index is 2.24. The van der Waals surface area contributed by atoms with Crippen LogP contribution in [-0.4, -0.2) is 11.5 Å². The predicted octanol–water partition coefficient (Wildman–Crippen LogP) is 5.79. The molecule has 0 heterocycles. The Hall–Kier alpha value is -2.03. The summed E-state index contributed by atoms with van der Waals surface area (Å²) in [7, 11) is 0. The van der Waals surface area contributed by atoms with Crippen molar-refractivity contribution in [3.8, 4) is 22.3 Å². The summed E-state index contributed by atoms with van der Waals surface area (Å²) in [6.45, 7) is 0. The van der Waals surface area contributed by atoms with Crippen LogP contribution in [0.15, 0.2) is 72.8 Å². The van der Waals surface area contributed by atoms with Gasteiger partial charge in [-0.15, -0.1) is 0 Å². The molecule has 0 atom stereocenters. The third-order valence-corrected chi connectivity index (χ3v) is 4.32. The van der Waals surface area contributed by atoms with E-state index in [1.165, 1.54) is 0 Å². The molecule has 0 aliphatic rings. The number of hydrogen-bond donors (Lipinski definition) is 1. The first kappa shape index (κ1) is 15.9. The Kier molecular flexibility index (Phi) is 4.85. The first-order chi connectivity index (χ1) is 11.2. The third-order valence-electron chi connectivity index (χ3n) is 3.72. The molecule has 0 saturated heterocycles. The Labute approximate surface area is 146 Å². The van der Waals surface area contributed by atoms with Crippen molar-refractivity contribution in [1.29, 1.82) is 0 Å². The number of carbonyl (C=O) groups is 1. The first-order valence-corrected chi connectivity index (χ1v) is 8.30. The summed E-state index contributed by atoms with van der Waals surface area (Å²) >= 11 is 10.6. The van der Waals surface area contributed by atoms with E-state index in [0.29, 0.717) is 10.6 Å². The van der Waals surface area contributed by atoms with E-state index in [1.54, 1.807) is 6.07 Å². The molecule has 0 fully saturated rings. The Morgan fingerprint density at radius 1 is 0.826 bits per heavy atom. The quantitative estimate of drug-likeness (QED) is 0.471. The summed E-state index contributed by atoms with van der Waals surface area (Å²) < 4.78 is 0. The van der Waals surface area contributed by atoms with Crippen LogP contribution in [0.4, 0.5) is 0 Å². The highest BCUT2D eigenvalue weighted by Crippen LogP contribution is 2.35. The minimum atomic E-state index is -0.0336. The summed E-state index contributed by atoms with van der Waals surface area (Å²) in [5.41, 5.74) is 4.43. The fourth-order valence-electron chi connectivity index (χ4n) is 2.58. The van der Waals surface area contributed by atoms with E-state index in [-0.39, 0.29) is 11.5 Å². The lowest BCUT2D eigenvalue weighted by atomic mass is 9.93. The van der Waals surface area contributed by atoms with Crippen molar-refractivity contribution in [2.45, 2.75) is 0 Å². The molecule has 3 rings (SSSR count). The first-order valence-electron chi connectivity index (χ1n) is 7.29. The molecule has 0 aliphatic carbocycles. The second-order valence-electron chi connectivity index (χ2n) is 5.19. The average Bonchev–Trinajstić information content (AvgIpc) is 2.62. The molecule has 0 aromatic heterocycles. The predicted molar refractivity (Wildman–Crippen MR) is 101 cm³/mol. The standard InChI is InChI=1S/C20H15ClOS/c21-19-12-18(20(22)13-23)16(14-7-3-1-4-8-14)11-17(19)15-9-5-2-6-10-15/h1-12,23H,13H2.